The number of hydrogen-bond acceptors (Lipinski definition) is 5. The van der Waals surface area contributed by atoms with Gasteiger partial charge in [-0.25, -0.2) is 4.98 Å². The monoisotopic (exact) mass is 399 g/mol. The molecule has 1 aliphatic rings. The number of rotatable bonds is 9. The minimum absolute atomic E-state index is 0.107. The Morgan fingerprint density at radius 3 is 2.97 bits per heavy atom. The minimum Gasteiger partial charge on any atom is -0.494 e. The van der Waals surface area contributed by atoms with Gasteiger partial charge < -0.3 is 19.9 Å². The summed E-state index contributed by atoms with van der Waals surface area (Å²) in [7, 11) is 0. The molecular formula is C21H29N5O3. The molecule has 0 aliphatic carbocycles. The highest BCUT2D eigenvalue weighted by molar-refractivity contribution is 5.88. The van der Waals surface area contributed by atoms with Crippen LogP contribution in [-0.2, 0) is 29.2 Å². The number of nitrogens with zero attached hydrogens (tertiary/aromatic N) is 3. The van der Waals surface area contributed by atoms with Crippen LogP contribution in [0.3, 0.4) is 0 Å². The van der Waals surface area contributed by atoms with Crippen LogP contribution in [0.1, 0.15) is 31.7 Å². The average Bonchev–Trinajstić information content (AvgIpc) is 3.18. The molecule has 0 radical (unpaired) electrons. The third-order valence-electron chi connectivity index (χ3n) is 5.05. The Bertz CT molecular complexity index is 835. The van der Waals surface area contributed by atoms with Crippen LogP contribution in [-0.4, -0.2) is 52.0 Å². The zero-order chi connectivity index (χ0) is 20.6. The maximum atomic E-state index is 12.5. The van der Waals surface area contributed by atoms with Crippen LogP contribution in [0.5, 0.6) is 5.75 Å². The largest absolute Gasteiger partial charge is 0.494 e. The molecule has 0 spiro atoms. The van der Waals surface area contributed by atoms with E-state index < -0.39 is 6.04 Å². The first-order valence-corrected chi connectivity index (χ1v) is 10.1. The highest BCUT2D eigenvalue weighted by atomic mass is 16.5. The van der Waals surface area contributed by atoms with Gasteiger partial charge in [-0.05, 0) is 19.9 Å². The fourth-order valence-corrected chi connectivity index (χ4v) is 3.54. The van der Waals surface area contributed by atoms with Crippen LogP contribution in [0, 0.1) is 0 Å². The van der Waals surface area contributed by atoms with Gasteiger partial charge in [0, 0.05) is 44.1 Å². The van der Waals surface area contributed by atoms with Gasteiger partial charge in [0.2, 0.25) is 11.8 Å². The van der Waals surface area contributed by atoms with Crippen LogP contribution < -0.4 is 15.4 Å². The van der Waals surface area contributed by atoms with Crippen LogP contribution in [0.4, 0.5) is 0 Å². The lowest BCUT2D eigenvalue weighted by atomic mass is 10.1. The van der Waals surface area contributed by atoms with Gasteiger partial charge in [-0.2, -0.15) is 0 Å². The van der Waals surface area contributed by atoms with Crippen LogP contribution in [0.15, 0.2) is 36.7 Å². The van der Waals surface area contributed by atoms with Gasteiger partial charge in [0.05, 0.1) is 25.6 Å². The fraction of sp³-hybridized carbons (Fsp3) is 0.476. The molecule has 2 amide bonds. The van der Waals surface area contributed by atoms with Crippen molar-refractivity contribution in [3.63, 3.8) is 0 Å². The Labute approximate surface area is 171 Å². The summed E-state index contributed by atoms with van der Waals surface area (Å²) in [6, 6.07) is 7.31. The molecule has 8 nitrogen and oxygen atoms in total. The first kappa shape index (κ1) is 20.9. The molecule has 0 saturated carbocycles. The summed E-state index contributed by atoms with van der Waals surface area (Å²) in [4.78, 5) is 31.3. The zero-order valence-corrected chi connectivity index (χ0v) is 17.1. The van der Waals surface area contributed by atoms with Crippen LogP contribution in [0.2, 0.25) is 0 Å². The summed E-state index contributed by atoms with van der Waals surface area (Å²) >= 11 is 0. The van der Waals surface area contributed by atoms with Gasteiger partial charge in [-0.1, -0.05) is 18.2 Å². The maximum absolute atomic E-state index is 12.5. The van der Waals surface area contributed by atoms with E-state index >= 15 is 0 Å². The number of benzene rings is 1. The second kappa shape index (κ2) is 10.1. The fourth-order valence-electron chi connectivity index (χ4n) is 3.54. The Kier molecular flexibility index (Phi) is 7.24. The molecule has 2 heterocycles. The topological polar surface area (TPSA) is 88.5 Å². The number of carbonyl (C=O) groups is 2. The number of carbonyl (C=O) groups excluding carboxylic acids is 2. The number of aromatic nitrogens is 2. The van der Waals surface area contributed by atoms with Crippen LogP contribution >= 0.6 is 0 Å². The molecule has 1 aromatic carbocycles. The Morgan fingerprint density at radius 1 is 1.34 bits per heavy atom. The molecule has 2 N–H and O–H groups in total. The molecule has 1 atom stereocenters. The number of imidazole rings is 1. The van der Waals surface area contributed by atoms with Gasteiger partial charge in [0.25, 0.3) is 0 Å². The lowest BCUT2D eigenvalue weighted by Gasteiger charge is -2.35. The molecule has 0 bridgehead atoms. The van der Waals surface area contributed by atoms with E-state index in [1.54, 1.807) is 6.20 Å². The number of para-hydroxylation sites is 1. The Balaban J connectivity index is 1.64. The van der Waals surface area contributed by atoms with Crippen molar-refractivity contribution in [3.8, 4) is 5.75 Å². The highest BCUT2D eigenvalue weighted by Crippen LogP contribution is 2.22. The quantitative estimate of drug-likeness (QED) is 0.664. The zero-order valence-electron chi connectivity index (χ0n) is 17.1. The SMILES string of the molecule is CCOc1ccccc1CN1CCNC(=O)[C@H]1CC(=O)NCc1nccn1CC. The number of piperazine rings is 1. The highest BCUT2D eigenvalue weighted by Gasteiger charge is 2.32. The van der Waals surface area contributed by atoms with E-state index in [9.17, 15) is 9.59 Å². The van der Waals surface area contributed by atoms with Crippen molar-refractivity contribution in [2.24, 2.45) is 0 Å². The lowest BCUT2D eigenvalue weighted by Crippen LogP contribution is -2.56. The molecule has 29 heavy (non-hydrogen) atoms. The van der Waals surface area contributed by atoms with Gasteiger partial charge in [-0.3, -0.25) is 14.5 Å². The lowest BCUT2D eigenvalue weighted by molar-refractivity contribution is -0.134. The first-order valence-electron chi connectivity index (χ1n) is 10.1. The molecule has 1 aromatic heterocycles. The number of nitrogens with one attached hydrogen (secondary N) is 2. The number of aryl methyl sites for hydroxylation is 1. The summed E-state index contributed by atoms with van der Waals surface area (Å²) < 4.78 is 7.68. The smallest absolute Gasteiger partial charge is 0.237 e. The summed E-state index contributed by atoms with van der Waals surface area (Å²) in [5.41, 5.74) is 1.01. The van der Waals surface area contributed by atoms with E-state index in [0.717, 1.165) is 23.7 Å². The average molecular weight is 399 g/mol. The Hall–Kier alpha value is -2.87. The van der Waals surface area contributed by atoms with Crippen molar-refractivity contribution in [3.05, 3.63) is 48.0 Å². The molecule has 2 aromatic rings. The molecule has 8 heteroatoms. The predicted octanol–water partition coefficient (Wildman–Crippen LogP) is 1.31. The summed E-state index contributed by atoms with van der Waals surface area (Å²) in [5.74, 6) is 1.34. The molecule has 3 rings (SSSR count). The number of ether oxygens (including phenoxy) is 1. The van der Waals surface area contributed by atoms with Crippen molar-refractivity contribution < 1.29 is 14.3 Å². The third-order valence-corrected chi connectivity index (χ3v) is 5.05. The Morgan fingerprint density at radius 2 is 2.17 bits per heavy atom. The van der Waals surface area contributed by atoms with Gasteiger partial charge >= 0.3 is 0 Å². The van der Waals surface area contributed by atoms with E-state index in [2.05, 4.69) is 15.6 Å². The minimum atomic E-state index is -0.510. The van der Waals surface area contributed by atoms with Crippen molar-refractivity contribution in [2.75, 3.05) is 19.7 Å². The van der Waals surface area contributed by atoms with Gasteiger partial charge in [0.15, 0.2) is 0 Å². The van der Waals surface area contributed by atoms with E-state index in [0.29, 0.717) is 32.8 Å². The van der Waals surface area contributed by atoms with Crippen molar-refractivity contribution in [2.45, 2.75) is 45.9 Å². The second-order valence-electron chi connectivity index (χ2n) is 6.93. The van der Waals surface area contributed by atoms with Gasteiger partial charge in [-0.15, -0.1) is 0 Å². The van der Waals surface area contributed by atoms with E-state index in [-0.39, 0.29) is 18.2 Å². The van der Waals surface area contributed by atoms with E-state index in [1.165, 1.54) is 0 Å². The van der Waals surface area contributed by atoms with Crippen LogP contribution in [0.25, 0.3) is 0 Å². The molecule has 1 fully saturated rings. The summed E-state index contributed by atoms with van der Waals surface area (Å²) in [5, 5.41) is 5.76. The summed E-state index contributed by atoms with van der Waals surface area (Å²) in [6.07, 6.45) is 3.71. The molecule has 1 saturated heterocycles. The molecule has 156 valence electrons. The standard InChI is InChI=1S/C21H29N5O3/c1-3-25-11-9-22-19(25)14-24-20(27)13-17-21(28)23-10-12-26(17)15-16-7-5-6-8-18(16)29-4-2/h5-9,11,17H,3-4,10,12-15H2,1-2H3,(H,23,28)(H,24,27)/t17-/m1/s1. The second-order valence-corrected chi connectivity index (χ2v) is 6.93. The molecule has 0 unspecified atom stereocenters. The van der Waals surface area contributed by atoms with Gasteiger partial charge in [0.1, 0.15) is 11.6 Å². The van der Waals surface area contributed by atoms with E-state index in [4.69, 9.17) is 4.74 Å². The van der Waals surface area contributed by atoms with E-state index in [1.807, 2.05) is 53.8 Å². The number of hydrogen-bond donors (Lipinski definition) is 2. The maximum Gasteiger partial charge on any atom is 0.237 e. The normalized spacial score (nSPS) is 17.0. The predicted molar refractivity (Wildman–Crippen MR) is 109 cm³/mol. The third kappa shape index (κ3) is 5.35. The van der Waals surface area contributed by atoms with Crippen molar-refractivity contribution in [1.29, 1.82) is 0 Å². The van der Waals surface area contributed by atoms with Crippen molar-refractivity contribution in [1.82, 2.24) is 25.1 Å². The van der Waals surface area contributed by atoms with Crippen molar-refractivity contribution >= 4 is 11.8 Å². The molecule has 1 aliphatic heterocycles. The molecular weight excluding hydrogens is 370 g/mol. The number of amides is 2. The summed E-state index contributed by atoms with van der Waals surface area (Å²) in [6.45, 7) is 7.51. The first-order chi connectivity index (χ1) is 14.1.